The fourth-order valence-corrected chi connectivity index (χ4v) is 3.37. The van der Waals surface area contributed by atoms with Crippen molar-refractivity contribution in [3.63, 3.8) is 0 Å². The average molecular weight is 324 g/mol. The van der Waals surface area contributed by atoms with Crippen LogP contribution in [0.15, 0.2) is 41.8 Å². The molecular formula is C20H24N2O2. The minimum atomic E-state index is -0.202. The van der Waals surface area contributed by atoms with Crippen molar-refractivity contribution in [1.29, 1.82) is 0 Å². The number of methoxy groups -OCH3 is 1. The molecule has 0 saturated heterocycles. The van der Waals surface area contributed by atoms with Gasteiger partial charge in [-0.2, -0.15) is 5.10 Å². The van der Waals surface area contributed by atoms with Gasteiger partial charge < -0.3 is 4.74 Å². The van der Waals surface area contributed by atoms with E-state index in [1.165, 1.54) is 11.1 Å². The van der Waals surface area contributed by atoms with Gasteiger partial charge in [0.1, 0.15) is 5.75 Å². The van der Waals surface area contributed by atoms with Gasteiger partial charge in [0.25, 0.3) is 0 Å². The molecule has 0 N–H and O–H groups in total. The number of fused-ring (bicyclic) bond motifs is 1. The van der Waals surface area contributed by atoms with Crippen molar-refractivity contribution in [2.75, 3.05) is 7.11 Å². The molecule has 0 saturated carbocycles. The maximum Gasteiger partial charge on any atom is 0.171 e. The van der Waals surface area contributed by atoms with E-state index < -0.39 is 0 Å². The number of nitrogens with zero attached hydrogens (tertiary/aromatic N) is 2. The Morgan fingerprint density at radius 1 is 1.25 bits per heavy atom. The Bertz CT molecular complexity index is 732. The lowest BCUT2D eigenvalue weighted by atomic mass is 9.83. The Labute approximate surface area is 143 Å². The van der Waals surface area contributed by atoms with Crippen molar-refractivity contribution < 1.29 is 9.53 Å². The van der Waals surface area contributed by atoms with Gasteiger partial charge in [-0.15, -0.1) is 0 Å². The van der Waals surface area contributed by atoms with Crippen molar-refractivity contribution in [3.05, 3.63) is 53.3 Å². The maximum absolute atomic E-state index is 13.1. The second-order valence-corrected chi connectivity index (χ2v) is 6.19. The van der Waals surface area contributed by atoms with Crippen molar-refractivity contribution in [3.8, 4) is 5.75 Å². The lowest BCUT2D eigenvalue weighted by Crippen LogP contribution is -2.20. The zero-order chi connectivity index (χ0) is 16.9. The Kier molecular flexibility index (Phi) is 5.14. The second kappa shape index (κ2) is 7.47. The van der Waals surface area contributed by atoms with Crippen LogP contribution < -0.4 is 4.74 Å². The summed E-state index contributed by atoms with van der Waals surface area (Å²) in [5, 5.41) is 4.38. The van der Waals surface area contributed by atoms with Gasteiger partial charge in [-0.1, -0.05) is 6.92 Å². The Morgan fingerprint density at radius 2 is 1.96 bits per heavy atom. The molecule has 1 heterocycles. The molecule has 0 fully saturated rings. The number of aromatic nitrogens is 1. The molecule has 0 aliphatic heterocycles. The zero-order valence-corrected chi connectivity index (χ0v) is 14.4. The van der Waals surface area contributed by atoms with Crippen LogP contribution in [0.5, 0.6) is 5.75 Å². The molecule has 0 amide bonds. The number of benzene rings is 1. The molecule has 4 heteroatoms. The summed E-state index contributed by atoms with van der Waals surface area (Å²) in [7, 11) is 1.70. The fraction of sp³-hybridized carbons (Fsp3) is 0.400. The highest BCUT2D eigenvalue weighted by Gasteiger charge is 2.24. The van der Waals surface area contributed by atoms with Gasteiger partial charge in [0.05, 0.1) is 13.0 Å². The first-order chi connectivity index (χ1) is 11.7. The van der Waals surface area contributed by atoms with Crippen molar-refractivity contribution >= 4 is 12.0 Å². The van der Waals surface area contributed by atoms with E-state index in [2.05, 4.69) is 5.10 Å². The molecule has 4 nitrogen and oxygen atoms in total. The summed E-state index contributed by atoms with van der Waals surface area (Å²) in [4.78, 5) is 13.1. The summed E-state index contributed by atoms with van der Waals surface area (Å²) in [5.41, 5.74) is 3.24. The molecule has 1 aliphatic carbocycles. The van der Waals surface area contributed by atoms with Crippen molar-refractivity contribution in [2.45, 2.75) is 39.0 Å². The van der Waals surface area contributed by atoms with Gasteiger partial charge >= 0.3 is 0 Å². The first-order valence-corrected chi connectivity index (χ1v) is 8.65. The van der Waals surface area contributed by atoms with Gasteiger partial charge in [-0.3, -0.25) is 4.79 Å². The number of hydrogen-bond acceptors (Lipinski definition) is 3. The molecule has 24 heavy (non-hydrogen) atoms. The summed E-state index contributed by atoms with van der Waals surface area (Å²) < 4.78 is 7.21. The number of Topliss-reactive ketones (excluding diaryl/α,β-unsaturated/α-hetero) is 1. The van der Waals surface area contributed by atoms with Crippen molar-refractivity contribution in [2.24, 2.45) is 11.0 Å². The Hall–Kier alpha value is -2.36. The predicted molar refractivity (Wildman–Crippen MR) is 96.1 cm³/mol. The summed E-state index contributed by atoms with van der Waals surface area (Å²) >= 11 is 0. The molecule has 1 aliphatic rings. The minimum Gasteiger partial charge on any atom is -0.496 e. The Morgan fingerprint density at radius 3 is 2.62 bits per heavy atom. The molecule has 0 spiro atoms. The smallest absolute Gasteiger partial charge is 0.171 e. The lowest BCUT2D eigenvalue weighted by molar-refractivity contribution is 0.0953. The Balaban J connectivity index is 1.91. The highest BCUT2D eigenvalue weighted by Crippen LogP contribution is 2.33. The van der Waals surface area contributed by atoms with E-state index in [0.717, 1.165) is 43.4 Å². The number of carbonyl (C=O) groups excluding carboxylic acids is 1. The normalized spacial score (nSPS) is 15.2. The molecule has 1 atom stereocenters. The third-order valence-corrected chi connectivity index (χ3v) is 4.72. The third kappa shape index (κ3) is 3.28. The number of ether oxygens (including phenoxy) is 1. The van der Waals surface area contributed by atoms with Crippen LogP contribution in [-0.2, 0) is 12.8 Å². The van der Waals surface area contributed by atoms with Gasteiger partial charge in [-0.25, -0.2) is 4.68 Å². The number of rotatable bonds is 6. The maximum atomic E-state index is 13.1. The van der Waals surface area contributed by atoms with E-state index in [-0.39, 0.29) is 11.7 Å². The molecule has 1 unspecified atom stereocenters. The van der Waals surface area contributed by atoms with Gasteiger partial charge in [0.15, 0.2) is 5.78 Å². The van der Waals surface area contributed by atoms with E-state index in [0.29, 0.717) is 0 Å². The van der Waals surface area contributed by atoms with E-state index in [9.17, 15) is 4.79 Å². The van der Waals surface area contributed by atoms with Crippen LogP contribution >= 0.6 is 0 Å². The van der Waals surface area contributed by atoms with Crippen LogP contribution in [0.1, 0.15) is 47.7 Å². The molecule has 3 rings (SSSR count). The van der Waals surface area contributed by atoms with Crippen LogP contribution in [0.2, 0.25) is 0 Å². The highest BCUT2D eigenvalue weighted by molar-refractivity contribution is 6.07. The van der Waals surface area contributed by atoms with E-state index >= 15 is 0 Å². The molecule has 2 aromatic rings. The zero-order valence-electron chi connectivity index (χ0n) is 14.4. The largest absolute Gasteiger partial charge is 0.496 e. The lowest BCUT2D eigenvalue weighted by Gasteiger charge is -2.22. The fourth-order valence-electron chi connectivity index (χ4n) is 3.37. The topological polar surface area (TPSA) is 43.6 Å². The summed E-state index contributed by atoms with van der Waals surface area (Å²) in [5.74, 6) is 0.872. The van der Waals surface area contributed by atoms with Gasteiger partial charge in [-0.05, 0) is 67.5 Å². The predicted octanol–water partition coefficient (Wildman–Crippen LogP) is 4.12. The van der Waals surface area contributed by atoms with Gasteiger partial charge in [0.2, 0.25) is 0 Å². The first kappa shape index (κ1) is 16.5. The van der Waals surface area contributed by atoms with E-state index in [4.69, 9.17) is 4.74 Å². The second-order valence-electron chi connectivity index (χ2n) is 6.19. The number of carbonyl (C=O) groups is 1. The monoisotopic (exact) mass is 324 g/mol. The standard InChI is InChI=1S/C20H24N2O2/c1-3-15(14-21-22-12-6-7-13-22)20(23)18-10-11-19(24-2)17-9-5-4-8-16(17)18/h6-7,10-15H,3-5,8-9H2,1-2H3. The van der Waals surface area contributed by atoms with Gasteiger partial charge in [0, 0.05) is 24.2 Å². The van der Waals surface area contributed by atoms with E-state index in [1.54, 1.807) is 18.0 Å². The van der Waals surface area contributed by atoms with Crippen LogP contribution in [0.4, 0.5) is 0 Å². The average Bonchev–Trinajstić information content (AvgIpc) is 3.14. The number of hydrogen-bond donors (Lipinski definition) is 0. The van der Waals surface area contributed by atoms with Crippen LogP contribution in [0.3, 0.4) is 0 Å². The van der Waals surface area contributed by atoms with Crippen LogP contribution in [-0.4, -0.2) is 23.8 Å². The third-order valence-electron chi connectivity index (χ3n) is 4.72. The quantitative estimate of drug-likeness (QED) is 0.592. The summed E-state index contributed by atoms with van der Waals surface area (Å²) in [6.45, 7) is 2.03. The minimum absolute atomic E-state index is 0.161. The molecular weight excluding hydrogens is 300 g/mol. The first-order valence-electron chi connectivity index (χ1n) is 8.65. The highest BCUT2D eigenvalue weighted by atomic mass is 16.5. The molecule has 1 aromatic carbocycles. The number of ketones is 1. The summed E-state index contributed by atoms with van der Waals surface area (Å²) in [6, 6.07) is 7.70. The van der Waals surface area contributed by atoms with Crippen molar-refractivity contribution in [1.82, 2.24) is 4.68 Å². The molecule has 0 bridgehead atoms. The molecule has 0 radical (unpaired) electrons. The SMILES string of the molecule is CCC(C=Nn1cccc1)C(=O)c1ccc(OC)c2c1CCCC2. The molecule has 126 valence electrons. The molecule has 1 aromatic heterocycles. The summed E-state index contributed by atoms with van der Waals surface area (Å²) in [6.07, 6.45) is 10.5. The van der Waals surface area contributed by atoms with Crippen LogP contribution in [0, 0.1) is 5.92 Å². The van der Waals surface area contributed by atoms with E-state index in [1.807, 2.05) is 43.6 Å². The van der Waals surface area contributed by atoms with Crippen LogP contribution in [0.25, 0.3) is 0 Å².